The van der Waals surface area contributed by atoms with E-state index in [0.717, 1.165) is 11.1 Å². The Morgan fingerprint density at radius 3 is 2.40 bits per heavy atom. The van der Waals surface area contributed by atoms with Gasteiger partial charge in [-0.1, -0.05) is 28.1 Å². The smallest absolute Gasteiger partial charge is 0.119 e. The molecule has 84 valence electrons. The molecule has 1 aromatic carbocycles. The van der Waals surface area contributed by atoms with Crippen LogP contribution in [0.4, 0.5) is 4.39 Å². The van der Waals surface area contributed by atoms with Crippen LogP contribution in [0.1, 0.15) is 5.56 Å². The van der Waals surface area contributed by atoms with Crippen LogP contribution >= 0.6 is 15.9 Å². The van der Waals surface area contributed by atoms with Crippen molar-refractivity contribution < 1.29 is 13.9 Å². The molecule has 1 rings (SSSR count). The molecular formula is C11H14BrFO2. The lowest BCUT2D eigenvalue weighted by Crippen LogP contribution is -2.08. The van der Waals surface area contributed by atoms with Gasteiger partial charge in [-0.05, 0) is 17.7 Å². The Labute approximate surface area is 97.5 Å². The molecule has 0 radical (unpaired) electrons. The van der Waals surface area contributed by atoms with Crippen LogP contribution in [0.25, 0.3) is 0 Å². The van der Waals surface area contributed by atoms with Gasteiger partial charge in [-0.15, -0.1) is 0 Å². The zero-order valence-electron chi connectivity index (χ0n) is 8.42. The minimum atomic E-state index is -0.444. The third kappa shape index (κ3) is 5.14. The first kappa shape index (κ1) is 12.5. The largest absolute Gasteiger partial charge is 0.491 e. The highest BCUT2D eigenvalue weighted by Crippen LogP contribution is 2.13. The number of halogens is 2. The first-order valence-electron chi connectivity index (χ1n) is 4.78. The van der Waals surface area contributed by atoms with Crippen molar-refractivity contribution in [3.05, 3.63) is 29.8 Å². The first-order chi connectivity index (χ1) is 7.36. The van der Waals surface area contributed by atoms with Gasteiger partial charge in [0.15, 0.2) is 0 Å². The van der Waals surface area contributed by atoms with E-state index in [1.807, 2.05) is 24.3 Å². The maximum atomic E-state index is 11.7. The molecular weight excluding hydrogens is 263 g/mol. The van der Waals surface area contributed by atoms with Crippen molar-refractivity contribution in [3.8, 4) is 5.75 Å². The molecule has 0 N–H and O–H groups in total. The van der Waals surface area contributed by atoms with Crippen LogP contribution in [0.15, 0.2) is 24.3 Å². The standard InChI is InChI=1S/C11H14BrFO2/c12-9-10-1-3-11(4-2-10)15-8-7-14-6-5-13/h1-4H,5-9H2. The second kappa shape index (κ2) is 7.65. The molecule has 1 aromatic rings. The summed E-state index contributed by atoms with van der Waals surface area (Å²) in [6.07, 6.45) is 0. The average molecular weight is 277 g/mol. The molecule has 0 saturated heterocycles. The molecule has 0 aliphatic heterocycles. The normalized spacial score (nSPS) is 10.3. The van der Waals surface area contributed by atoms with Gasteiger partial charge in [-0.2, -0.15) is 0 Å². The molecule has 0 bridgehead atoms. The minimum absolute atomic E-state index is 0.145. The van der Waals surface area contributed by atoms with Crippen molar-refractivity contribution in [1.82, 2.24) is 0 Å². The molecule has 0 heterocycles. The van der Waals surface area contributed by atoms with E-state index in [0.29, 0.717) is 13.2 Å². The van der Waals surface area contributed by atoms with Gasteiger partial charge < -0.3 is 9.47 Å². The van der Waals surface area contributed by atoms with Gasteiger partial charge in [0.25, 0.3) is 0 Å². The van der Waals surface area contributed by atoms with Crippen molar-refractivity contribution in [2.24, 2.45) is 0 Å². The van der Waals surface area contributed by atoms with Crippen LogP contribution < -0.4 is 4.74 Å². The molecule has 0 spiro atoms. The maximum absolute atomic E-state index is 11.7. The number of alkyl halides is 2. The molecule has 0 atom stereocenters. The predicted octanol–water partition coefficient (Wildman–Crippen LogP) is 2.95. The summed E-state index contributed by atoms with van der Waals surface area (Å²) in [6, 6.07) is 7.80. The molecule has 0 unspecified atom stereocenters. The predicted molar refractivity (Wildman–Crippen MR) is 61.4 cm³/mol. The van der Waals surface area contributed by atoms with Crippen molar-refractivity contribution in [3.63, 3.8) is 0 Å². The quantitative estimate of drug-likeness (QED) is 0.563. The zero-order valence-corrected chi connectivity index (χ0v) is 10.0. The van der Waals surface area contributed by atoms with Gasteiger partial charge >= 0.3 is 0 Å². The fourth-order valence-corrected chi connectivity index (χ4v) is 1.42. The average Bonchev–Trinajstić information content (AvgIpc) is 2.30. The van der Waals surface area contributed by atoms with Crippen LogP contribution in [0.2, 0.25) is 0 Å². The van der Waals surface area contributed by atoms with Crippen molar-refractivity contribution in [2.75, 3.05) is 26.5 Å². The number of rotatable bonds is 7. The SMILES string of the molecule is FCCOCCOc1ccc(CBr)cc1. The number of benzene rings is 1. The van der Waals surface area contributed by atoms with E-state index in [1.54, 1.807) is 0 Å². The second-order valence-electron chi connectivity index (χ2n) is 2.93. The summed E-state index contributed by atoms with van der Waals surface area (Å²) in [4.78, 5) is 0. The number of hydrogen-bond acceptors (Lipinski definition) is 2. The Hall–Kier alpha value is -0.610. The molecule has 0 aliphatic rings. The van der Waals surface area contributed by atoms with E-state index in [4.69, 9.17) is 9.47 Å². The Balaban J connectivity index is 2.20. The summed E-state index contributed by atoms with van der Waals surface area (Å²) in [5.41, 5.74) is 1.20. The van der Waals surface area contributed by atoms with Gasteiger partial charge in [-0.25, -0.2) is 4.39 Å². The molecule has 0 fully saturated rings. The molecule has 15 heavy (non-hydrogen) atoms. The van der Waals surface area contributed by atoms with Crippen molar-refractivity contribution in [2.45, 2.75) is 5.33 Å². The first-order valence-corrected chi connectivity index (χ1v) is 5.90. The molecule has 0 saturated carbocycles. The van der Waals surface area contributed by atoms with Gasteiger partial charge in [0.2, 0.25) is 0 Å². The summed E-state index contributed by atoms with van der Waals surface area (Å²) >= 11 is 3.37. The highest BCUT2D eigenvalue weighted by atomic mass is 79.9. The highest BCUT2D eigenvalue weighted by molar-refractivity contribution is 9.08. The van der Waals surface area contributed by atoms with Crippen LogP contribution in [0, 0.1) is 0 Å². The van der Waals surface area contributed by atoms with Crippen LogP contribution in [-0.4, -0.2) is 26.5 Å². The van der Waals surface area contributed by atoms with Crippen molar-refractivity contribution >= 4 is 15.9 Å². The monoisotopic (exact) mass is 276 g/mol. The number of ether oxygens (including phenoxy) is 2. The Bertz CT molecular complexity index is 264. The topological polar surface area (TPSA) is 18.5 Å². The lowest BCUT2D eigenvalue weighted by Gasteiger charge is -2.06. The molecule has 0 aromatic heterocycles. The Kier molecular flexibility index (Phi) is 6.36. The molecule has 2 nitrogen and oxygen atoms in total. The molecule has 0 aliphatic carbocycles. The van der Waals surface area contributed by atoms with Gasteiger partial charge in [0, 0.05) is 5.33 Å². The fourth-order valence-electron chi connectivity index (χ4n) is 1.05. The molecule has 4 heteroatoms. The third-order valence-electron chi connectivity index (χ3n) is 1.80. The highest BCUT2D eigenvalue weighted by Gasteiger charge is 1.94. The zero-order chi connectivity index (χ0) is 10.9. The molecule has 0 amide bonds. The van der Waals surface area contributed by atoms with Crippen LogP contribution in [0.5, 0.6) is 5.75 Å². The summed E-state index contributed by atoms with van der Waals surface area (Å²) in [5.74, 6) is 0.809. The summed E-state index contributed by atoms with van der Waals surface area (Å²) in [6.45, 7) is 0.573. The van der Waals surface area contributed by atoms with Gasteiger partial charge in [0.05, 0.1) is 13.2 Å². The lowest BCUT2D eigenvalue weighted by atomic mass is 10.2. The third-order valence-corrected chi connectivity index (χ3v) is 2.44. The van der Waals surface area contributed by atoms with E-state index >= 15 is 0 Å². The number of hydrogen-bond donors (Lipinski definition) is 0. The fraction of sp³-hybridized carbons (Fsp3) is 0.455. The van der Waals surface area contributed by atoms with Crippen LogP contribution in [0.3, 0.4) is 0 Å². The summed E-state index contributed by atoms with van der Waals surface area (Å²) in [7, 11) is 0. The second-order valence-corrected chi connectivity index (χ2v) is 3.49. The summed E-state index contributed by atoms with van der Waals surface area (Å²) < 4.78 is 22.0. The van der Waals surface area contributed by atoms with Gasteiger partial charge in [0.1, 0.15) is 19.0 Å². The van der Waals surface area contributed by atoms with Gasteiger partial charge in [-0.3, -0.25) is 0 Å². The van der Waals surface area contributed by atoms with E-state index < -0.39 is 6.67 Å². The summed E-state index contributed by atoms with van der Waals surface area (Å²) in [5, 5.41) is 0.840. The van der Waals surface area contributed by atoms with E-state index in [1.165, 1.54) is 5.56 Å². The maximum Gasteiger partial charge on any atom is 0.119 e. The van der Waals surface area contributed by atoms with Crippen LogP contribution in [-0.2, 0) is 10.1 Å². The van der Waals surface area contributed by atoms with E-state index in [9.17, 15) is 4.39 Å². The van der Waals surface area contributed by atoms with E-state index in [2.05, 4.69) is 15.9 Å². The van der Waals surface area contributed by atoms with Crippen molar-refractivity contribution in [1.29, 1.82) is 0 Å². The Morgan fingerprint density at radius 2 is 1.80 bits per heavy atom. The Morgan fingerprint density at radius 1 is 1.07 bits per heavy atom. The lowest BCUT2D eigenvalue weighted by molar-refractivity contribution is 0.0897. The van der Waals surface area contributed by atoms with E-state index in [-0.39, 0.29) is 6.61 Å². The minimum Gasteiger partial charge on any atom is -0.491 e.